The van der Waals surface area contributed by atoms with Gasteiger partial charge in [0.2, 0.25) is 0 Å². The molecular weight excluding hydrogens is 292 g/mol. The van der Waals surface area contributed by atoms with Gasteiger partial charge in [-0.3, -0.25) is 9.05 Å². The maximum Gasteiger partial charge on any atom is 0.472 e. The summed E-state index contributed by atoms with van der Waals surface area (Å²) in [5, 5.41) is -4.19. The first-order valence-electron chi connectivity index (χ1n) is 3.50. The van der Waals surface area contributed by atoms with Crippen molar-refractivity contribution < 1.29 is 31.7 Å². The first-order chi connectivity index (χ1) is 6.12. The molecule has 0 amide bonds. The third-order valence-electron chi connectivity index (χ3n) is 0.584. The molecule has 4 nitrogen and oxygen atoms in total. The van der Waals surface area contributed by atoms with Crippen LogP contribution in [0.15, 0.2) is 0 Å². The van der Waals surface area contributed by atoms with Gasteiger partial charge in [-0.15, -0.1) is 0 Å². The van der Waals surface area contributed by atoms with Gasteiger partial charge in [0, 0.05) is 15.9 Å². The third kappa shape index (κ3) is 22.8. The van der Waals surface area contributed by atoms with Crippen LogP contribution in [0.2, 0.25) is 0 Å². The predicted octanol–water partition coefficient (Wildman–Crippen LogP) is 3.06. The molecule has 14 heavy (non-hydrogen) atoms. The lowest BCUT2D eigenvalue weighted by molar-refractivity contribution is -0.0245. The lowest BCUT2D eigenvalue weighted by Gasteiger charge is -2.07. The molecule has 0 heterocycles. The van der Waals surface area contributed by atoms with Crippen LogP contribution in [0.1, 0.15) is 13.8 Å². The summed E-state index contributed by atoms with van der Waals surface area (Å²) in [6, 6.07) is 0. The van der Waals surface area contributed by atoms with Gasteiger partial charge in [0.15, 0.2) is 0 Å². The van der Waals surface area contributed by atoms with Crippen LogP contribution in [0.25, 0.3) is 0 Å². The van der Waals surface area contributed by atoms with Crippen molar-refractivity contribution in [3.8, 4) is 0 Å². The van der Waals surface area contributed by atoms with Crippen molar-refractivity contribution in [3.05, 3.63) is 0 Å². The van der Waals surface area contributed by atoms with Gasteiger partial charge in [-0.2, -0.15) is 13.2 Å². The Labute approximate surface area is 88.1 Å². The Bertz CT molecular complexity index is 170. The van der Waals surface area contributed by atoms with Crippen molar-refractivity contribution >= 4 is 23.8 Å². The lowest BCUT2D eigenvalue weighted by Crippen LogP contribution is -1.93. The maximum absolute atomic E-state index is 10.5. The molecule has 9 heteroatoms. The monoisotopic (exact) mass is 302 g/mol. The highest BCUT2D eigenvalue weighted by Gasteiger charge is 2.19. The van der Waals surface area contributed by atoms with Crippen LogP contribution < -0.4 is 0 Å². The Kier molecular flexibility index (Phi) is 9.17. The number of hydrogen-bond acceptors (Lipinski definition) is 3. The first-order valence-corrected chi connectivity index (χ1v) is 5.78. The summed E-state index contributed by atoms with van der Waals surface area (Å²) in [6.45, 7) is 3.63. The van der Waals surface area contributed by atoms with Gasteiger partial charge in [0.25, 0.3) is 0 Å². The molecule has 88 valence electrons. The first kappa shape index (κ1) is 16.8. The fourth-order valence-corrected chi connectivity index (χ4v) is 1.09. The summed E-state index contributed by atoms with van der Waals surface area (Å²) in [5.74, 6) is 0. The van der Waals surface area contributed by atoms with E-state index in [-0.39, 0.29) is 13.2 Å². The summed E-state index contributed by atoms with van der Waals surface area (Å²) < 4.78 is 50.1. The topological polar surface area (TPSA) is 55.8 Å². The summed E-state index contributed by atoms with van der Waals surface area (Å²) in [7, 11) is -3.69. The molecule has 0 bridgehead atoms. The van der Waals surface area contributed by atoms with Crippen molar-refractivity contribution in [1.29, 1.82) is 0 Å². The molecule has 0 aliphatic heterocycles. The summed E-state index contributed by atoms with van der Waals surface area (Å²) in [4.78, 5) is 8.63. The SMILES string of the molecule is CCOP(=O)(O)OCC.FC(F)(F)Br. The second kappa shape index (κ2) is 7.64. The smallest absolute Gasteiger partial charge is 0.302 e. The summed E-state index contributed by atoms with van der Waals surface area (Å²) in [5.41, 5.74) is 0. The van der Waals surface area contributed by atoms with Gasteiger partial charge >= 0.3 is 12.9 Å². The molecule has 0 aromatic heterocycles. The van der Waals surface area contributed by atoms with E-state index in [4.69, 9.17) is 4.89 Å². The van der Waals surface area contributed by atoms with E-state index in [9.17, 15) is 17.7 Å². The Balaban J connectivity index is 0. The average molecular weight is 303 g/mol. The minimum atomic E-state index is -4.19. The van der Waals surface area contributed by atoms with Gasteiger partial charge in [-0.05, 0) is 13.8 Å². The maximum atomic E-state index is 10.5. The second-order valence-corrected chi connectivity index (χ2v) is 4.09. The molecule has 0 saturated heterocycles. The molecule has 0 aliphatic carbocycles. The molecule has 0 rings (SSSR count). The zero-order chi connectivity index (χ0) is 11.8. The van der Waals surface area contributed by atoms with Gasteiger partial charge in [0.1, 0.15) is 0 Å². The highest BCUT2D eigenvalue weighted by atomic mass is 79.9. The van der Waals surface area contributed by atoms with Crippen molar-refractivity contribution in [3.63, 3.8) is 0 Å². The molecule has 1 N–H and O–H groups in total. The van der Waals surface area contributed by atoms with Crippen LogP contribution in [0.3, 0.4) is 0 Å². The molecule has 0 aromatic rings. The fourth-order valence-electron chi connectivity index (χ4n) is 0.364. The largest absolute Gasteiger partial charge is 0.472 e. The molecule has 0 atom stereocenters. The third-order valence-corrected chi connectivity index (χ3v) is 1.75. The fraction of sp³-hybridized carbons (Fsp3) is 1.00. The van der Waals surface area contributed by atoms with Gasteiger partial charge in [-0.25, -0.2) is 4.57 Å². The number of phosphoric acid groups is 1. The zero-order valence-corrected chi connectivity index (χ0v) is 10.0. The zero-order valence-electron chi connectivity index (χ0n) is 7.55. The lowest BCUT2D eigenvalue weighted by atomic mass is 10.9. The highest BCUT2D eigenvalue weighted by Crippen LogP contribution is 2.42. The second-order valence-electron chi connectivity index (χ2n) is 1.73. The van der Waals surface area contributed by atoms with Crippen LogP contribution in [-0.4, -0.2) is 23.2 Å². The normalized spacial score (nSPS) is 11.9. The summed E-state index contributed by atoms with van der Waals surface area (Å²) >= 11 is 1.38. The molecule has 0 fully saturated rings. The van der Waals surface area contributed by atoms with E-state index in [1.165, 1.54) is 15.9 Å². The Morgan fingerprint density at radius 2 is 1.50 bits per heavy atom. The van der Waals surface area contributed by atoms with Crippen LogP contribution in [0.5, 0.6) is 0 Å². The molecule has 0 unspecified atom stereocenters. The number of halogens is 4. The minimum absolute atomic E-state index is 0.188. The molecule has 0 saturated carbocycles. The van der Waals surface area contributed by atoms with Crippen LogP contribution >= 0.6 is 23.8 Å². The predicted molar refractivity (Wildman–Crippen MR) is 48.1 cm³/mol. The Morgan fingerprint density at radius 1 is 1.29 bits per heavy atom. The van der Waals surface area contributed by atoms with Gasteiger partial charge in [-0.1, -0.05) is 0 Å². The molecule has 0 aliphatic rings. The number of hydrogen-bond donors (Lipinski definition) is 1. The molecular formula is C5H11BrF3O4P. The van der Waals surface area contributed by atoms with Crippen molar-refractivity contribution in [1.82, 2.24) is 0 Å². The van der Waals surface area contributed by atoms with E-state index in [0.717, 1.165) is 0 Å². The van der Waals surface area contributed by atoms with E-state index in [1.807, 2.05) is 0 Å². The van der Waals surface area contributed by atoms with E-state index >= 15 is 0 Å². The summed E-state index contributed by atoms with van der Waals surface area (Å²) in [6.07, 6.45) is 0. The standard InChI is InChI=1S/C4H11O4P.CBrF3/c1-3-7-9(5,6)8-4-2;2-1(3,4)5/h3-4H2,1-2H3,(H,5,6);. The van der Waals surface area contributed by atoms with Crippen LogP contribution in [-0.2, 0) is 13.6 Å². The van der Waals surface area contributed by atoms with E-state index in [2.05, 4.69) is 9.05 Å². The highest BCUT2D eigenvalue weighted by molar-refractivity contribution is 9.09. The Hall–Kier alpha value is 0.380. The Morgan fingerprint density at radius 3 is 1.64 bits per heavy atom. The van der Waals surface area contributed by atoms with Crippen molar-refractivity contribution in [2.24, 2.45) is 0 Å². The molecule has 0 spiro atoms. The molecule has 0 radical (unpaired) electrons. The quantitative estimate of drug-likeness (QED) is 0.640. The van der Waals surface area contributed by atoms with Gasteiger partial charge in [0.05, 0.1) is 13.2 Å². The number of rotatable bonds is 4. The van der Waals surface area contributed by atoms with E-state index in [1.54, 1.807) is 13.8 Å². The van der Waals surface area contributed by atoms with Crippen molar-refractivity contribution in [2.45, 2.75) is 18.9 Å². The number of alkyl halides is 4. The van der Waals surface area contributed by atoms with E-state index in [0.29, 0.717) is 0 Å². The minimum Gasteiger partial charge on any atom is -0.302 e. The van der Waals surface area contributed by atoms with Gasteiger partial charge < -0.3 is 4.89 Å². The van der Waals surface area contributed by atoms with Crippen molar-refractivity contribution in [2.75, 3.05) is 13.2 Å². The molecule has 0 aromatic carbocycles. The number of phosphoric ester groups is 1. The van der Waals surface area contributed by atoms with Crippen LogP contribution in [0.4, 0.5) is 13.2 Å². The van der Waals surface area contributed by atoms with Crippen LogP contribution in [0, 0.1) is 0 Å². The van der Waals surface area contributed by atoms with E-state index < -0.39 is 12.9 Å². The average Bonchev–Trinajstić information content (AvgIpc) is 1.81.